The van der Waals surface area contributed by atoms with Crippen LogP contribution in [0.4, 0.5) is 4.39 Å². The van der Waals surface area contributed by atoms with Gasteiger partial charge in [0.25, 0.3) is 0 Å². The number of nitriles is 1. The van der Waals surface area contributed by atoms with Crippen LogP contribution in [0.1, 0.15) is 17.0 Å². The van der Waals surface area contributed by atoms with Gasteiger partial charge in [-0.15, -0.1) is 0 Å². The topological polar surface area (TPSA) is 62.9 Å². The Labute approximate surface area is 123 Å². The Hall–Kier alpha value is -2.23. The fourth-order valence-corrected chi connectivity index (χ4v) is 2.01. The van der Waals surface area contributed by atoms with E-state index in [-0.39, 0.29) is 5.82 Å². The lowest BCUT2D eigenvalue weighted by Crippen LogP contribution is -2.21. The predicted molar refractivity (Wildman–Crippen MR) is 76.0 cm³/mol. The molecule has 1 N–H and O–H groups in total. The molecule has 0 aliphatic heterocycles. The Morgan fingerprint density at radius 2 is 2.33 bits per heavy atom. The number of hydrogen-bond donors (Lipinski definition) is 1. The van der Waals surface area contributed by atoms with Crippen molar-refractivity contribution >= 4 is 0 Å². The van der Waals surface area contributed by atoms with E-state index < -0.39 is 0 Å². The molecule has 2 rings (SSSR count). The van der Waals surface area contributed by atoms with Crippen molar-refractivity contribution < 1.29 is 9.13 Å². The minimum Gasteiger partial charge on any atom is -0.383 e. The van der Waals surface area contributed by atoms with Gasteiger partial charge in [-0.2, -0.15) is 5.26 Å². The standard InChI is InChI=1S/C15H17FN4O/c1-21-7-5-18-10-15-19-4-6-20(15)11-13-8-14(16)3-2-12(13)9-17/h2-4,6,8,18H,5,7,10-11H2,1H3. The molecule has 1 aromatic heterocycles. The average molecular weight is 288 g/mol. The van der Waals surface area contributed by atoms with Gasteiger partial charge < -0.3 is 14.6 Å². The normalized spacial score (nSPS) is 10.5. The fourth-order valence-electron chi connectivity index (χ4n) is 2.01. The molecule has 0 bridgehead atoms. The molecular formula is C15H17FN4O. The monoisotopic (exact) mass is 288 g/mol. The molecule has 1 aromatic carbocycles. The second-order valence-corrected chi connectivity index (χ2v) is 4.55. The third kappa shape index (κ3) is 4.12. The smallest absolute Gasteiger partial charge is 0.123 e. The first-order valence-electron chi connectivity index (χ1n) is 6.62. The Morgan fingerprint density at radius 3 is 3.10 bits per heavy atom. The summed E-state index contributed by atoms with van der Waals surface area (Å²) in [7, 11) is 1.65. The van der Waals surface area contributed by atoms with E-state index in [1.807, 2.05) is 10.8 Å². The van der Waals surface area contributed by atoms with E-state index in [2.05, 4.69) is 16.4 Å². The van der Waals surface area contributed by atoms with Gasteiger partial charge in [0, 0.05) is 26.0 Å². The maximum atomic E-state index is 13.3. The summed E-state index contributed by atoms with van der Waals surface area (Å²) < 4.78 is 20.2. The summed E-state index contributed by atoms with van der Waals surface area (Å²) >= 11 is 0. The molecule has 110 valence electrons. The van der Waals surface area contributed by atoms with E-state index in [0.717, 1.165) is 12.4 Å². The van der Waals surface area contributed by atoms with Crippen LogP contribution in [-0.2, 0) is 17.8 Å². The number of benzene rings is 1. The average Bonchev–Trinajstić information content (AvgIpc) is 2.91. The van der Waals surface area contributed by atoms with Gasteiger partial charge in [0.05, 0.1) is 31.3 Å². The maximum Gasteiger partial charge on any atom is 0.123 e. The van der Waals surface area contributed by atoms with E-state index in [1.54, 1.807) is 13.3 Å². The lowest BCUT2D eigenvalue weighted by Gasteiger charge is -2.10. The van der Waals surface area contributed by atoms with E-state index in [1.165, 1.54) is 18.2 Å². The number of methoxy groups -OCH3 is 1. The van der Waals surface area contributed by atoms with Crippen LogP contribution in [0.5, 0.6) is 0 Å². The maximum absolute atomic E-state index is 13.3. The van der Waals surface area contributed by atoms with Crippen molar-refractivity contribution in [1.82, 2.24) is 14.9 Å². The molecule has 0 radical (unpaired) electrons. The Kier molecular flexibility index (Phi) is 5.43. The lowest BCUT2D eigenvalue weighted by molar-refractivity contribution is 0.199. The van der Waals surface area contributed by atoms with Crippen LogP contribution < -0.4 is 5.32 Å². The van der Waals surface area contributed by atoms with Crippen LogP contribution in [0.25, 0.3) is 0 Å². The summed E-state index contributed by atoms with van der Waals surface area (Å²) in [6, 6.07) is 6.26. The first-order chi connectivity index (χ1) is 10.2. The van der Waals surface area contributed by atoms with Gasteiger partial charge in [0.15, 0.2) is 0 Å². The van der Waals surface area contributed by atoms with Gasteiger partial charge in [-0.25, -0.2) is 9.37 Å². The number of nitrogens with one attached hydrogen (secondary N) is 1. The van der Waals surface area contributed by atoms with E-state index in [0.29, 0.717) is 30.8 Å². The number of rotatable bonds is 7. The lowest BCUT2D eigenvalue weighted by atomic mass is 10.1. The third-order valence-corrected chi connectivity index (χ3v) is 3.10. The van der Waals surface area contributed by atoms with Crippen LogP contribution in [0.15, 0.2) is 30.6 Å². The number of imidazole rings is 1. The first kappa shape index (κ1) is 15.2. The minimum atomic E-state index is -0.344. The number of aromatic nitrogens is 2. The molecule has 0 aliphatic rings. The van der Waals surface area contributed by atoms with E-state index >= 15 is 0 Å². The molecule has 0 fully saturated rings. The van der Waals surface area contributed by atoms with Crippen LogP contribution in [-0.4, -0.2) is 29.8 Å². The number of halogens is 1. The molecule has 0 unspecified atom stereocenters. The van der Waals surface area contributed by atoms with Crippen LogP contribution in [0.2, 0.25) is 0 Å². The van der Waals surface area contributed by atoms with Crippen molar-refractivity contribution in [2.75, 3.05) is 20.3 Å². The molecule has 0 amide bonds. The summed E-state index contributed by atoms with van der Waals surface area (Å²) in [6.45, 7) is 2.37. The molecule has 5 nitrogen and oxygen atoms in total. The Morgan fingerprint density at radius 1 is 1.48 bits per heavy atom. The zero-order valence-corrected chi connectivity index (χ0v) is 11.8. The van der Waals surface area contributed by atoms with E-state index in [4.69, 9.17) is 10.00 Å². The van der Waals surface area contributed by atoms with Crippen LogP contribution in [0.3, 0.4) is 0 Å². The van der Waals surface area contributed by atoms with Crippen LogP contribution in [0, 0.1) is 17.1 Å². The van der Waals surface area contributed by atoms with Crippen molar-refractivity contribution in [1.29, 1.82) is 5.26 Å². The molecule has 0 spiro atoms. The fraction of sp³-hybridized carbons (Fsp3) is 0.333. The highest BCUT2D eigenvalue weighted by Gasteiger charge is 2.08. The molecule has 6 heteroatoms. The summed E-state index contributed by atoms with van der Waals surface area (Å²) in [6.07, 6.45) is 3.51. The molecule has 0 atom stereocenters. The third-order valence-electron chi connectivity index (χ3n) is 3.10. The highest BCUT2D eigenvalue weighted by molar-refractivity contribution is 5.38. The SMILES string of the molecule is COCCNCc1nccn1Cc1cc(F)ccc1C#N. The molecule has 21 heavy (non-hydrogen) atoms. The van der Waals surface area contributed by atoms with Crippen LogP contribution >= 0.6 is 0 Å². The molecule has 1 heterocycles. The molecule has 2 aromatic rings. The van der Waals surface area contributed by atoms with Gasteiger partial charge >= 0.3 is 0 Å². The number of ether oxygens (including phenoxy) is 1. The van der Waals surface area contributed by atoms with Gasteiger partial charge in [0.1, 0.15) is 11.6 Å². The summed E-state index contributed by atoms with van der Waals surface area (Å²) in [4.78, 5) is 4.27. The summed E-state index contributed by atoms with van der Waals surface area (Å²) in [5, 5.41) is 12.3. The highest BCUT2D eigenvalue weighted by Crippen LogP contribution is 2.13. The van der Waals surface area contributed by atoms with Crippen molar-refractivity contribution in [3.8, 4) is 6.07 Å². The van der Waals surface area contributed by atoms with Gasteiger partial charge in [0.2, 0.25) is 0 Å². The molecule has 0 saturated heterocycles. The van der Waals surface area contributed by atoms with Crippen molar-refractivity contribution in [3.05, 3.63) is 53.4 Å². The van der Waals surface area contributed by atoms with Crippen molar-refractivity contribution in [3.63, 3.8) is 0 Å². The van der Waals surface area contributed by atoms with Gasteiger partial charge in [-0.1, -0.05) is 0 Å². The van der Waals surface area contributed by atoms with Crippen molar-refractivity contribution in [2.24, 2.45) is 0 Å². The Balaban J connectivity index is 2.08. The van der Waals surface area contributed by atoms with Gasteiger partial charge in [-0.05, 0) is 23.8 Å². The summed E-state index contributed by atoms with van der Waals surface area (Å²) in [5.41, 5.74) is 1.12. The number of nitrogens with zero attached hydrogens (tertiary/aromatic N) is 3. The van der Waals surface area contributed by atoms with E-state index in [9.17, 15) is 4.39 Å². The van der Waals surface area contributed by atoms with Crippen molar-refractivity contribution in [2.45, 2.75) is 13.1 Å². The second kappa shape index (κ2) is 7.53. The zero-order chi connectivity index (χ0) is 15.1. The zero-order valence-electron chi connectivity index (χ0n) is 11.8. The second-order valence-electron chi connectivity index (χ2n) is 4.55. The molecular weight excluding hydrogens is 271 g/mol. The quantitative estimate of drug-likeness (QED) is 0.787. The largest absolute Gasteiger partial charge is 0.383 e. The number of hydrogen-bond acceptors (Lipinski definition) is 4. The predicted octanol–water partition coefficient (Wildman–Crippen LogP) is 1.68. The highest BCUT2D eigenvalue weighted by atomic mass is 19.1. The molecule has 0 aliphatic carbocycles. The summed E-state index contributed by atoms with van der Waals surface area (Å²) in [5.74, 6) is 0.489. The minimum absolute atomic E-state index is 0.344. The first-order valence-corrected chi connectivity index (χ1v) is 6.62. The molecule has 0 saturated carbocycles. The Bertz CT molecular complexity index is 633. The van der Waals surface area contributed by atoms with Gasteiger partial charge in [-0.3, -0.25) is 0 Å².